The molecule has 1 saturated heterocycles. The molecule has 2 N–H and O–H groups in total. The van der Waals surface area contributed by atoms with E-state index in [4.69, 9.17) is 5.73 Å². The van der Waals surface area contributed by atoms with E-state index in [0.29, 0.717) is 37.1 Å². The molecule has 1 aliphatic heterocycles. The summed E-state index contributed by atoms with van der Waals surface area (Å²) in [6, 6.07) is 21.0. The SMILES string of the molecule is NC(=O)C[C@@H]1C[C@H](Cc2cncn2Cc2ccccc2)C[C@H](C[C@@H]2CCC(=O)N2Cc2ccccc2)C1. The van der Waals surface area contributed by atoms with Gasteiger partial charge in [-0.25, -0.2) is 4.98 Å². The highest BCUT2D eigenvalue weighted by atomic mass is 16.2. The molecule has 1 saturated carbocycles. The van der Waals surface area contributed by atoms with Gasteiger partial charge in [-0.1, -0.05) is 60.7 Å². The molecule has 0 bridgehead atoms. The Morgan fingerprint density at radius 2 is 1.54 bits per heavy atom. The number of amides is 2. The number of primary amides is 1. The summed E-state index contributed by atoms with van der Waals surface area (Å²) in [6.07, 6.45) is 11.1. The van der Waals surface area contributed by atoms with E-state index in [-0.39, 0.29) is 17.9 Å². The summed E-state index contributed by atoms with van der Waals surface area (Å²) in [5.74, 6) is 1.34. The van der Waals surface area contributed by atoms with Gasteiger partial charge in [0.15, 0.2) is 0 Å². The van der Waals surface area contributed by atoms with Crippen molar-refractivity contribution < 1.29 is 9.59 Å². The Labute approximate surface area is 219 Å². The minimum Gasteiger partial charge on any atom is -0.370 e. The predicted octanol–water partition coefficient (Wildman–Crippen LogP) is 4.96. The van der Waals surface area contributed by atoms with Crippen LogP contribution in [0.3, 0.4) is 0 Å². The fourth-order valence-corrected chi connectivity index (χ4v) is 6.67. The number of rotatable bonds is 10. The Morgan fingerprint density at radius 1 is 0.892 bits per heavy atom. The number of benzene rings is 2. The molecule has 3 aromatic rings. The fourth-order valence-electron chi connectivity index (χ4n) is 6.67. The topological polar surface area (TPSA) is 81.2 Å². The third-order valence-electron chi connectivity index (χ3n) is 8.24. The fraction of sp³-hybridized carbons (Fsp3) is 0.452. The maximum Gasteiger partial charge on any atom is 0.223 e. The van der Waals surface area contributed by atoms with E-state index >= 15 is 0 Å². The largest absolute Gasteiger partial charge is 0.370 e. The molecule has 4 atom stereocenters. The Hall–Kier alpha value is -3.41. The molecule has 2 fully saturated rings. The lowest BCUT2D eigenvalue weighted by Gasteiger charge is -2.37. The van der Waals surface area contributed by atoms with Crippen LogP contribution in [0.1, 0.15) is 61.8 Å². The highest BCUT2D eigenvalue weighted by molar-refractivity contribution is 5.78. The van der Waals surface area contributed by atoms with Crippen molar-refractivity contribution in [2.45, 2.75) is 70.5 Å². The van der Waals surface area contributed by atoms with Crippen molar-refractivity contribution in [3.8, 4) is 0 Å². The second-order valence-corrected chi connectivity index (χ2v) is 11.1. The number of nitrogens with two attached hydrogens (primary N) is 1. The van der Waals surface area contributed by atoms with Crippen LogP contribution >= 0.6 is 0 Å². The first-order valence-electron chi connectivity index (χ1n) is 13.7. The highest BCUT2D eigenvalue weighted by Crippen LogP contribution is 2.41. The molecule has 2 amide bonds. The summed E-state index contributed by atoms with van der Waals surface area (Å²) in [6.45, 7) is 1.50. The van der Waals surface area contributed by atoms with Crippen molar-refractivity contribution in [3.63, 3.8) is 0 Å². The van der Waals surface area contributed by atoms with Crippen molar-refractivity contribution in [2.75, 3.05) is 0 Å². The van der Waals surface area contributed by atoms with Gasteiger partial charge in [-0.05, 0) is 67.4 Å². The summed E-state index contributed by atoms with van der Waals surface area (Å²) in [5, 5.41) is 0. The monoisotopic (exact) mass is 498 g/mol. The molecule has 0 unspecified atom stereocenters. The first-order valence-corrected chi connectivity index (χ1v) is 13.7. The third kappa shape index (κ3) is 6.68. The van der Waals surface area contributed by atoms with Gasteiger partial charge in [-0.2, -0.15) is 0 Å². The number of imidazole rings is 1. The number of nitrogens with zero attached hydrogens (tertiary/aromatic N) is 3. The van der Waals surface area contributed by atoms with Gasteiger partial charge < -0.3 is 15.2 Å². The Kier molecular flexibility index (Phi) is 8.02. The van der Waals surface area contributed by atoms with Crippen LogP contribution in [0, 0.1) is 17.8 Å². The summed E-state index contributed by atoms with van der Waals surface area (Å²) in [4.78, 5) is 31.2. The number of carbonyl (C=O) groups is 2. The van der Waals surface area contributed by atoms with Crippen molar-refractivity contribution in [1.82, 2.24) is 14.5 Å². The minimum absolute atomic E-state index is 0.208. The van der Waals surface area contributed by atoms with Crippen molar-refractivity contribution >= 4 is 11.8 Å². The quantitative estimate of drug-likeness (QED) is 0.429. The van der Waals surface area contributed by atoms with Crippen LogP contribution in [0.15, 0.2) is 73.2 Å². The molecular formula is C31H38N4O2. The van der Waals surface area contributed by atoms with Gasteiger partial charge in [0.2, 0.25) is 11.8 Å². The number of carbonyl (C=O) groups excluding carboxylic acids is 2. The van der Waals surface area contributed by atoms with Crippen molar-refractivity contribution in [2.24, 2.45) is 23.5 Å². The van der Waals surface area contributed by atoms with Gasteiger partial charge in [0.05, 0.1) is 6.33 Å². The first-order chi connectivity index (χ1) is 18.0. The van der Waals surface area contributed by atoms with Crippen LogP contribution in [0.2, 0.25) is 0 Å². The molecule has 1 aliphatic carbocycles. The minimum atomic E-state index is -0.208. The van der Waals surface area contributed by atoms with E-state index in [1.165, 1.54) is 16.8 Å². The van der Waals surface area contributed by atoms with Crippen LogP contribution in [0.4, 0.5) is 0 Å². The lowest BCUT2D eigenvalue weighted by atomic mass is 9.70. The summed E-state index contributed by atoms with van der Waals surface area (Å²) < 4.78 is 2.25. The predicted molar refractivity (Wildman–Crippen MR) is 144 cm³/mol. The van der Waals surface area contributed by atoms with Crippen molar-refractivity contribution in [3.05, 3.63) is 90.0 Å². The van der Waals surface area contributed by atoms with E-state index in [1.54, 1.807) is 0 Å². The maximum atomic E-state index is 12.8. The number of hydrogen-bond acceptors (Lipinski definition) is 3. The van der Waals surface area contributed by atoms with Crippen LogP contribution in [0.5, 0.6) is 0 Å². The molecule has 2 aliphatic rings. The number of aromatic nitrogens is 2. The van der Waals surface area contributed by atoms with Gasteiger partial charge >= 0.3 is 0 Å². The molecule has 2 aromatic carbocycles. The molecule has 194 valence electrons. The van der Waals surface area contributed by atoms with Gasteiger partial charge in [-0.3, -0.25) is 9.59 Å². The molecule has 6 nitrogen and oxygen atoms in total. The number of hydrogen-bond donors (Lipinski definition) is 1. The first kappa shape index (κ1) is 25.2. The molecule has 0 spiro atoms. The van der Waals surface area contributed by atoms with E-state index in [0.717, 1.165) is 45.1 Å². The second-order valence-electron chi connectivity index (χ2n) is 11.1. The van der Waals surface area contributed by atoms with E-state index in [1.807, 2.05) is 36.8 Å². The molecule has 37 heavy (non-hydrogen) atoms. The summed E-state index contributed by atoms with van der Waals surface area (Å²) in [7, 11) is 0. The Balaban J connectivity index is 1.27. The van der Waals surface area contributed by atoms with Crippen LogP contribution in [0.25, 0.3) is 0 Å². The summed E-state index contributed by atoms with van der Waals surface area (Å²) >= 11 is 0. The second kappa shape index (κ2) is 11.8. The van der Waals surface area contributed by atoms with Crippen LogP contribution in [-0.2, 0) is 29.1 Å². The smallest absolute Gasteiger partial charge is 0.223 e. The molecule has 2 heterocycles. The molecule has 6 heteroatoms. The lowest BCUT2D eigenvalue weighted by Crippen LogP contribution is -2.36. The normalized spacial score (nSPS) is 23.9. The maximum absolute atomic E-state index is 12.8. The van der Waals surface area contributed by atoms with Gasteiger partial charge in [-0.15, -0.1) is 0 Å². The van der Waals surface area contributed by atoms with E-state index < -0.39 is 0 Å². The van der Waals surface area contributed by atoms with Crippen LogP contribution in [-0.4, -0.2) is 32.3 Å². The Bertz CT molecular complexity index is 1180. The Morgan fingerprint density at radius 3 is 2.24 bits per heavy atom. The van der Waals surface area contributed by atoms with Crippen LogP contribution < -0.4 is 5.73 Å². The molecule has 0 radical (unpaired) electrons. The average molecular weight is 499 g/mol. The zero-order chi connectivity index (χ0) is 25.6. The van der Waals surface area contributed by atoms with Gasteiger partial charge in [0.1, 0.15) is 0 Å². The van der Waals surface area contributed by atoms with Gasteiger partial charge in [0, 0.05) is 43.9 Å². The summed E-state index contributed by atoms with van der Waals surface area (Å²) in [5.41, 5.74) is 9.33. The van der Waals surface area contributed by atoms with Gasteiger partial charge in [0.25, 0.3) is 0 Å². The highest BCUT2D eigenvalue weighted by Gasteiger charge is 2.36. The van der Waals surface area contributed by atoms with E-state index in [2.05, 4.69) is 50.8 Å². The lowest BCUT2D eigenvalue weighted by molar-refractivity contribution is -0.129. The van der Waals surface area contributed by atoms with E-state index in [9.17, 15) is 9.59 Å². The zero-order valence-electron chi connectivity index (χ0n) is 21.5. The van der Waals surface area contributed by atoms with Crippen molar-refractivity contribution in [1.29, 1.82) is 0 Å². The molecule has 5 rings (SSSR count). The average Bonchev–Trinajstić information content (AvgIpc) is 3.46. The molecule has 1 aromatic heterocycles. The number of likely N-dealkylation sites (tertiary alicyclic amines) is 1. The zero-order valence-corrected chi connectivity index (χ0v) is 21.5. The standard InChI is InChI=1S/C31H38N4O2/c32-30(36)18-27-14-25(16-28-11-12-31(37)35(28)21-24-9-5-2-6-10-24)13-26(15-27)17-29-19-33-22-34(29)20-23-7-3-1-4-8-23/h1-10,19,22,25-28H,11-18,20-21H2,(H2,32,36)/t25-,26+,27-,28-/m0/s1. The molecular weight excluding hydrogens is 460 g/mol. The third-order valence-corrected chi connectivity index (χ3v) is 8.24.